The minimum absolute atomic E-state index is 0. The molecule has 1 aliphatic rings. The highest BCUT2D eigenvalue weighted by Gasteiger charge is 2.16. The van der Waals surface area contributed by atoms with E-state index < -0.39 is 0 Å². The smallest absolute Gasteiger partial charge is 0.252 e. The second kappa shape index (κ2) is 7.77. The molecule has 2 aromatic heterocycles. The summed E-state index contributed by atoms with van der Waals surface area (Å²) in [6, 6.07) is 7.46. The lowest BCUT2D eigenvalue weighted by Gasteiger charge is -2.30. The van der Waals surface area contributed by atoms with Gasteiger partial charge in [-0.3, -0.25) is 9.36 Å². The maximum atomic E-state index is 12.2. The number of likely N-dealkylation sites (tertiary alicyclic amines) is 1. The molecule has 2 aromatic rings. The summed E-state index contributed by atoms with van der Waals surface area (Å²) in [6.45, 7) is 3.46. The molecule has 0 unspecified atom stereocenters. The Hall–Kier alpha value is -1.63. The minimum atomic E-state index is -0.0260. The van der Waals surface area contributed by atoms with Crippen LogP contribution in [0.25, 0.3) is 11.0 Å². The lowest BCUT2D eigenvalue weighted by atomic mass is 10.1. The number of rotatable bonds is 4. The molecule has 1 aliphatic heterocycles. The molecule has 0 aromatic carbocycles. The predicted octanol–water partition coefficient (Wildman–Crippen LogP) is 1.25. The van der Waals surface area contributed by atoms with Crippen LogP contribution in [0.2, 0.25) is 0 Å². The van der Waals surface area contributed by atoms with Crippen LogP contribution in [-0.2, 0) is 6.54 Å². The molecular weight excluding hydrogens is 316 g/mol. The van der Waals surface area contributed by atoms with Crippen LogP contribution >= 0.6 is 12.4 Å². The average Bonchev–Trinajstić information content (AvgIpc) is 2.55. The van der Waals surface area contributed by atoms with E-state index in [1.165, 1.54) is 0 Å². The van der Waals surface area contributed by atoms with E-state index in [4.69, 9.17) is 10.5 Å². The number of hydrogen-bond donors (Lipinski definition) is 1. The Balaban J connectivity index is 0.00000192. The fourth-order valence-corrected chi connectivity index (χ4v) is 2.89. The molecule has 3 rings (SSSR count). The van der Waals surface area contributed by atoms with Gasteiger partial charge in [0, 0.05) is 36.7 Å². The molecule has 0 amide bonds. The van der Waals surface area contributed by atoms with Crippen LogP contribution in [0.15, 0.2) is 29.1 Å². The zero-order valence-corrected chi connectivity index (χ0v) is 14.1. The summed E-state index contributed by atoms with van der Waals surface area (Å²) in [5, 5.41) is 0.945. The van der Waals surface area contributed by atoms with Crippen molar-refractivity contribution in [3.63, 3.8) is 0 Å². The number of piperidine rings is 1. The molecule has 23 heavy (non-hydrogen) atoms. The Labute approximate surface area is 141 Å². The van der Waals surface area contributed by atoms with E-state index in [1.807, 2.05) is 12.1 Å². The first-order chi connectivity index (χ1) is 10.7. The first kappa shape index (κ1) is 17.7. The van der Waals surface area contributed by atoms with E-state index in [1.54, 1.807) is 23.8 Å². The van der Waals surface area contributed by atoms with Gasteiger partial charge in [0.2, 0.25) is 5.88 Å². The van der Waals surface area contributed by atoms with Gasteiger partial charge in [0.1, 0.15) is 5.65 Å². The first-order valence-electron chi connectivity index (χ1n) is 7.70. The quantitative estimate of drug-likeness (QED) is 0.908. The maximum Gasteiger partial charge on any atom is 0.252 e. The molecule has 0 spiro atoms. The van der Waals surface area contributed by atoms with Gasteiger partial charge < -0.3 is 15.4 Å². The number of hydrogen-bond acceptors (Lipinski definition) is 5. The Kier molecular flexibility index (Phi) is 5.98. The number of fused-ring (bicyclic) bond motifs is 1. The van der Waals surface area contributed by atoms with Gasteiger partial charge in [-0.1, -0.05) is 0 Å². The highest BCUT2D eigenvalue weighted by Crippen LogP contribution is 2.15. The third-order valence-electron chi connectivity index (χ3n) is 4.29. The molecule has 1 fully saturated rings. The van der Waals surface area contributed by atoms with Gasteiger partial charge >= 0.3 is 0 Å². The number of nitrogens with zero attached hydrogens (tertiary/aromatic N) is 3. The molecule has 126 valence electrons. The van der Waals surface area contributed by atoms with Gasteiger partial charge in [0.05, 0.1) is 7.11 Å². The molecule has 0 atom stereocenters. The number of ether oxygens (including phenoxy) is 1. The molecule has 0 bridgehead atoms. The lowest BCUT2D eigenvalue weighted by molar-refractivity contribution is 0.206. The van der Waals surface area contributed by atoms with Crippen LogP contribution in [-0.4, -0.2) is 47.2 Å². The van der Waals surface area contributed by atoms with Crippen molar-refractivity contribution in [2.45, 2.75) is 25.4 Å². The largest absolute Gasteiger partial charge is 0.481 e. The van der Waals surface area contributed by atoms with Crippen molar-refractivity contribution >= 4 is 23.4 Å². The van der Waals surface area contributed by atoms with E-state index in [0.29, 0.717) is 24.1 Å². The first-order valence-corrected chi connectivity index (χ1v) is 7.70. The summed E-state index contributed by atoms with van der Waals surface area (Å²) in [7, 11) is 1.58. The van der Waals surface area contributed by atoms with Gasteiger partial charge in [0.15, 0.2) is 0 Å². The van der Waals surface area contributed by atoms with Crippen molar-refractivity contribution in [2.75, 3.05) is 26.7 Å². The zero-order chi connectivity index (χ0) is 15.5. The van der Waals surface area contributed by atoms with Crippen LogP contribution < -0.4 is 16.0 Å². The van der Waals surface area contributed by atoms with E-state index >= 15 is 0 Å². The number of pyridine rings is 2. The second-order valence-corrected chi connectivity index (χ2v) is 5.77. The minimum Gasteiger partial charge on any atom is -0.481 e. The highest BCUT2D eigenvalue weighted by atomic mass is 35.5. The third-order valence-corrected chi connectivity index (χ3v) is 4.29. The fourth-order valence-electron chi connectivity index (χ4n) is 2.89. The molecule has 0 aliphatic carbocycles. The number of halogens is 1. The molecule has 6 nitrogen and oxygen atoms in total. The summed E-state index contributed by atoms with van der Waals surface area (Å²) < 4.78 is 6.90. The van der Waals surface area contributed by atoms with Crippen molar-refractivity contribution in [1.82, 2.24) is 14.5 Å². The predicted molar refractivity (Wildman–Crippen MR) is 93.5 cm³/mol. The summed E-state index contributed by atoms with van der Waals surface area (Å²) in [5.74, 6) is 0.524. The van der Waals surface area contributed by atoms with Crippen molar-refractivity contribution < 1.29 is 4.74 Å². The maximum absolute atomic E-state index is 12.2. The Morgan fingerprint density at radius 1 is 1.22 bits per heavy atom. The molecular formula is C16H23ClN4O2. The van der Waals surface area contributed by atoms with Crippen molar-refractivity contribution in [2.24, 2.45) is 5.73 Å². The molecule has 3 heterocycles. The summed E-state index contributed by atoms with van der Waals surface area (Å²) in [4.78, 5) is 19.0. The molecule has 7 heteroatoms. The van der Waals surface area contributed by atoms with E-state index in [9.17, 15) is 4.79 Å². The zero-order valence-electron chi connectivity index (χ0n) is 13.3. The van der Waals surface area contributed by atoms with Gasteiger partial charge in [-0.25, -0.2) is 0 Å². The molecule has 0 saturated carbocycles. The summed E-state index contributed by atoms with van der Waals surface area (Å²) in [6.07, 6.45) is 2.05. The van der Waals surface area contributed by atoms with E-state index in [0.717, 1.165) is 37.9 Å². The van der Waals surface area contributed by atoms with Gasteiger partial charge in [-0.2, -0.15) is 4.98 Å². The highest BCUT2D eigenvalue weighted by molar-refractivity contribution is 5.85. The number of nitrogens with two attached hydrogens (primary N) is 1. The normalized spacial score (nSPS) is 16.3. The number of methoxy groups -OCH3 is 1. The van der Waals surface area contributed by atoms with Crippen molar-refractivity contribution in [3.05, 3.63) is 34.6 Å². The number of aromatic nitrogens is 2. The molecule has 2 N–H and O–H groups in total. The summed E-state index contributed by atoms with van der Waals surface area (Å²) in [5.41, 5.74) is 6.58. The van der Waals surface area contributed by atoms with Gasteiger partial charge in [-0.05, 0) is 38.1 Å². The molecule has 1 saturated heterocycles. The van der Waals surface area contributed by atoms with E-state index in [-0.39, 0.29) is 18.0 Å². The standard InChI is InChI=1S/C16H22N4O2.ClH/c1-22-14-4-2-12-3-5-15(21)20(16(12)18-14)11-10-19-8-6-13(17)7-9-19;/h2-5,13H,6-11,17H2,1H3;1H. The SMILES string of the molecule is COc1ccc2ccc(=O)n(CCN3CCC(N)CC3)c2n1.Cl. The van der Waals surface area contributed by atoms with Crippen LogP contribution in [0.4, 0.5) is 0 Å². The van der Waals surface area contributed by atoms with Gasteiger partial charge in [0.25, 0.3) is 5.56 Å². The third kappa shape index (κ3) is 4.02. The fraction of sp³-hybridized carbons (Fsp3) is 0.500. The topological polar surface area (TPSA) is 73.4 Å². The van der Waals surface area contributed by atoms with Crippen molar-refractivity contribution in [3.8, 4) is 5.88 Å². The Morgan fingerprint density at radius 3 is 2.61 bits per heavy atom. The van der Waals surface area contributed by atoms with Crippen molar-refractivity contribution in [1.29, 1.82) is 0 Å². The lowest BCUT2D eigenvalue weighted by Crippen LogP contribution is -2.41. The van der Waals surface area contributed by atoms with Gasteiger partial charge in [-0.15, -0.1) is 12.4 Å². The monoisotopic (exact) mass is 338 g/mol. The van der Waals surface area contributed by atoms with Crippen LogP contribution in [0.1, 0.15) is 12.8 Å². The van der Waals surface area contributed by atoms with Crippen LogP contribution in [0, 0.1) is 0 Å². The Bertz CT molecular complexity index is 711. The van der Waals surface area contributed by atoms with Crippen LogP contribution in [0.3, 0.4) is 0 Å². The second-order valence-electron chi connectivity index (χ2n) is 5.77. The van der Waals surface area contributed by atoms with Crippen LogP contribution in [0.5, 0.6) is 5.88 Å². The Morgan fingerprint density at radius 2 is 1.91 bits per heavy atom. The van der Waals surface area contributed by atoms with E-state index in [2.05, 4.69) is 9.88 Å². The average molecular weight is 339 g/mol. The summed E-state index contributed by atoms with van der Waals surface area (Å²) >= 11 is 0. The molecule has 0 radical (unpaired) electrons.